The number of aromatic amines is 1. The molecule has 0 aliphatic rings. The van der Waals surface area contributed by atoms with Crippen molar-refractivity contribution in [2.45, 2.75) is 0 Å². The number of nitrogens with one attached hydrogen (secondary N) is 3. The lowest BCUT2D eigenvalue weighted by atomic mass is 10.4. The maximum Gasteiger partial charge on any atom is 0.256 e. The molecule has 8 nitrogen and oxygen atoms in total. The van der Waals surface area contributed by atoms with Crippen LogP contribution >= 0.6 is 0 Å². The Balaban J connectivity index is 2.65. The van der Waals surface area contributed by atoms with E-state index in [1.807, 2.05) is 12.1 Å². The lowest BCUT2D eigenvalue weighted by Crippen LogP contribution is -2.63. The van der Waals surface area contributed by atoms with Gasteiger partial charge in [-0.25, -0.2) is 0 Å². The summed E-state index contributed by atoms with van der Waals surface area (Å²) in [7, 11) is 0. The van der Waals surface area contributed by atoms with Gasteiger partial charge in [0.1, 0.15) is 5.69 Å². The molecule has 0 saturated carbocycles. The van der Waals surface area contributed by atoms with Crippen LogP contribution < -0.4 is 27.4 Å². The highest BCUT2D eigenvalue weighted by molar-refractivity contribution is 5.81. The molecule has 1 rings (SSSR count). The molecule has 0 amide bonds. The van der Waals surface area contributed by atoms with E-state index < -0.39 is 0 Å². The quantitative estimate of drug-likeness (QED) is 0.172. The Morgan fingerprint density at radius 3 is 2.69 bits per heavy atom. The fourth-order valence-corrected chi connectivity index (χ4v) is 0.915. The molecule has 0 saturated heterocycles. The summed E-state index contributed by atoms with van der Waals surface area (Å²) in [4.78, 5) is 3.03. The Hall–Kier alpha value is -2.64. The van der Waals surface area contributed by atoms with Gasteiger partial charge in [-0.05, 0) is 12.1 Å². The first-order valence-electron chi connectivity index (χ1n) is 4.41. The van der Waals surface area contributed by atoms with Crippen LogP contribution in [0.1, 0.15) is 11.4 Å². The molecule has 1 aromatic heterocycles. The topological polar surface area (TPSA) is 147 Å². The molecule has 0 aliphatic heterocycles. The zero-order valence-electron chi connectivity index (χ0n) is 8.51. The Morgan fingerprint density at radius 1 is 1.25 bits per heavy atom. The van der Waals surface area contributed by atoms with E-state index in [1.165, 1.54) is 6.34 Å². The second kappa shape index (κ2) is 5.96. The number of nitrogens with zero attached hydrogens (tertiary/aromatic N) is 2. The highest BCUT2D eigenvalue weighted by Gasteiger charge is 1.95. The van der Waals surface area contributed by atoms with Gasteiger partial charge in [0.05, 0.1) is 11.9 Å². The SMILES string of the molecule is N/C=[NH+]\N=C\c1ccc(/C=[NH+]/N=C(N)N)[nH]1. The van der Waals surface area contributed by atoms with Gasteiger partial charge in [0.2, 0.25) is 6.21 Å². The fourth-order valence-electron chi connectivity index (χ4n) is 0.915. The number of hydrazone groups is 2. The number of aromatic nitrogens is 1. The van der Waals surface area contributed by atoms with Crippen molar-refractivity contribution in [1.82, 2.24) is 4.98 Å². The smallest absolute Gasteiger partial charge is 0.256 e. The van der Waals surface area contributed by atoms with Crippen molar-refractivity contribution in [3.8, 4) is 0 Å². The molecule has 1 aromatic rings. The summed E-state index contributed by atoms with van der Waals surface area (Å²) in [6.07, 6.45) is 4.42. The van der Waals surface area contributed by atoms with Crippen LogP contribution in [0.5, 0.6) is 0 Å². The summed E-state index contributed by atoms with van der Waals surface area (Å²) < 4.78 is 0. The van der Waals surface area contributed by atoms with Crippen LogP contribution in [0.2, 0.25) is 0 Å². The molecule has 0 aliphatic carbocycles. The third-order valence-electron chi connectivity index (χ3n) is 1.50. The van der Waals surface area contributed by atoms with Gasteiger partial charge in [0.25, 0.3) is 12.3 Å². The average molecular weight is 222 g/mol. The molecule has 84 valence electrons. The van der Waals surface area contributed by atoms with Crippen molar-refractivity contribution in [2.75, 3.05) is 0 Å². The summed E-state index contributed by atoms with van der Waals surface area (Å²) in [5.74, 6) is -0.0349. The maximum absolute atomic E-state index is 5.13. The van der Waals surface area contributed by atoms with Crippen molar-refractivity contribution >= 4 is 24.7 Å². The fraction of sp³-hybridized carbons (Fsp3) is 0. The third-order valence-corrected chi connectivity index (χ3v) is 1.50. The van der Waals surface area contributed by atoms with Crippen molar-refractivity contribution in [1.29, 1.82) is 0 Å². The molecule has 1 heterocycles. The molecule has 0 fully saturated rings. The van der Waals surface area contributed by atoms with Crippen LogP contribution in [0.3, 0.4) is 0 Å². The number of hydrogen-bond donors (Lipinski definition) is 6. The standard InChI is InChI=1S/C8H12N8/c9-5-14-12-3-6-1-2-7(15-6)4-13-16-8(10)11/h1-5,15H,(H2,9,14)(H4,10,11,16)/p+2/b12-3+,13-4+. The third kappa shape index (κ3) is 4.05. The normalized spacial score (nSPS) is 11.8. The predicted octanol–water partition coefficient (Wildman–Crippen LogP) is -4.90. The van der Waals surface area contributed by atoms with Gasteiger partial charge in [-0.3, -0.25) is 5.73 Å². The maximum atomic E-state index is 5.13. The Labute approximate surface area is 91.6 Å². The summed E-state index contributed by atoms with van der Waals surface area (Å²) >= 11 is 0. The van der Waals surface area contributed by atoms with Crippen molar-refractivity contribution < 1.29 is 10.2 Å². The van der Waals surface area contributed by atoms with Gasteiger partial charge in [0, 0.05) is 5.10 Å². The number of nitrogens with two attached hydrogens (primary N) is 3. The minimum Gasteiger partial charge on any atom is -0.365 e. The monoisotopic (exact) mass is 222 g/mol. The first-order chi connectivity index (χ1) is 7.72. The highest BCUT2D eigenvalue weighted by atomic mass is 15.3. The van der Waals surface area contributed by atoms with Gasteiger partial charge >= 0.3 is 0 Å². The zero-order valence-corrected chi connectivity index (χ0v) is 8.51. The summed E-state index contributed by atoms with van der Waals surface area (Å²) in [5, 5.41) is 12.4. The van der Waals surface area contributed by atoms with E-state index in [2.05, 4.69) is 25.4 Å². The number of hydrogen-bond acceptors (Lipinski definition) is 2. The van der Waals surface area contributed by atoms with E-state index in [1.54, 1.807) is 12.4 Å². The van der Waals surface area contributed by atoms with Crippen molar-refractivity contribution in [3.63, 3.8) is 0 Å². The summed E-state index contributed by atoms with van der Waals surface area (Å²) in [6, 6.07) is 3.67. The van der Waals surface area contributed by atoms with E-state index in [0.29, 0.717) is 0 Å². The van der Waals surface area contributed by atoms with Gasteiger partial charge in [-0.1, -0.05) is 5.10 Å². The second-order valence-electron chi connectivity index (χ2n) is 2.73. The van der Waals surface area contributed by atoms with Gasteiger partial charge in [0.15, 0.2) is 0 Å². The molecule has 0 unspecified atom stereocenters. The van der Waals surface area contributed by atoms with E-state index in [0.717, 1.165) is 11.4 Å². The minimum absolute atomic E-state index is 0.0349. The molecule has 8 heteroatoms. The Bertz CT molecular complexity index is 435. The molecule has 0 spiro atoms. The van der Waals surface area contributed by atoms with Crippen LogP contribution in [-0.2, 0) is 0 Å². The molecular weight excluding hydrogens is 208 g/mol. The first kappa shape index (κ1) is 11.4. The highest BCUT2D eigenvalue weighted by Crippen LogP contribution is 1.94. The van der Waals surface area contributed by atoms with E-state index in [-0.39, 0.29) is 5.96 Å². The molecule has 0 atom stereocenters. The van der Waals surface area contributed by atoms with Crippen LogP contribution in [0, 0.1) is 0 Å². The molecule has 0 aromatic carbocycles. The summed E-state index contributed by atoms with van der Waals surface area (Å²) in [6.45, 7) is 0. The summed E-state index contributed by atoms with van der Waals surface area (Å²) in [5.41, 5.74) is 17.0. The lowest BCUT2D eigenvalue weighted by molar-refractivity contribution is -0.457. The van der Waals surface area contributed by atoms with Gasteiger partial charge < -0.3 is 16.5 Å². The van der Waals surface area contributed by atoms with Crippen molar-refractivity contribution in [2.24, 2.45) is 27.4 Å². The molecule has 0 bridgehead atoms. The van der Waals surface area contributed by atoms with E-state index in [9.17, 15) is 0 Å². The first-order valence-corrected chi connectivity index (χ1v) is 4.41. The molecular formula is C8H14N8+2. The van der Waals surface area contributed by atoms with Crippen LogP contribution in [0.15, 0.2) is 22.3 Å². The van der Waals surface area contributed by atoms with Crippen LogP contribution in [0.25, 0.3) is 0 Å². The molecule has 9 N–H and O–H groups in total. The molecule has 16 heavy (non-hydrogen) atoms. The Morgan fingerprint density at radius 2 is 2.00 bits per heavy atom. The number of guanidine groups is 1. The Kier molecular flexibility index (Phi) is 4.26. The average Bonchev–Trinajstić information content (AvgIpc) is 2.66. The minimum atomic E-state index is -0.0349. The van der Waals surface area contributed by atoms with E-state index >= 15 is 0 Å². The number of rotatable bonds is 4. The van der Waals surface area contributed by atoms with Gasteiger partial charge in [-0.15, -0.1) is 5.10 Å². The molecule has 0 radical (unpaired) electrons. The van der Waals surface area contributed by atoms with Gasteiger partial charge in [-0.2, -0.15) is 5.10 Å². The predicted molar refractivity (Wildman–Crippen MR) is 61.5 cm³/mol. The van der Waals surface area contributed by atoms with E-state index in [4.69, 9.17) is 17.2 Å². The van der Waals surface area contributed by atoms with Crippen molar-refractivity contribution in [3.05, 3.63) is 23.5 Å². The largest absolute Gasteiger partial charge is 0.365 e. The van der Waals surface area contributed by atoms with Crippen LogP contribution in [0.4, 0.5) is 0 Å². The lowest BCUT2D eigenvalue weighted by Gasteiger charge is -1.81. The zero-order chi connectivity index (χ0) is 11.8. The number of H-pyrrole nitrogens is 1. The van der Waals surface area contributed by atoms with Crippen LogP contribution in [-0.4, -0.2) is 29.7 Å². The second-order valence-corrected chi connectivity index (χ2v) is 2.73.